The van der Waals surface area contributed by atoms with E-state index < -0.39 is 16.9 Å². The first kappa shape index (κ1) is 13.2. The molecule has 0 aromatic heterocycles. The molecule has 1 aromatic carbocycles. The number of ether oxygens (including phenoxy) is 1. The minimum Gasteiger partial charge on any atom is -0.467 e. The van der Waals surface area contributed by atoms with Crippen LogP contribution in [0.4, 0.5) is 11.4 Å². The summed E-state index contributed by atoms with van der Waals surface area (Å²) in [7, 11) is 1.25. The summed E-state index contributed by atoms with van der Waals surface area (Å²) < 4.78 is 4.51. The van der Waals surface area contributed by atoms with Gasteiger partial charge in [0.05, 0.1) is 12.0 Å². The fourth-order valence-electron chi connectivity index (χ4n) is 1.25. The zero-order valence-electron chi connectivity index (χ0n) is 9.27. The van der Waals surface area contributed by atoms with Gasteiger partial charge in [0.1, 0.15) is 11.7 Å². The molecule has 1 rings (SSSR count). The molecule has 17 heavy (non-hydrogen) atoms. The Hall–Kier alpha value is -1.82. The van der Waals surface area contributed by atoms with Crippen LogP contribution in [0.2, 0.25) is 5.02 Å². The molecule has 0 radical (unpaired) electrons. The number of benzene rings is 1. The molecule has 1 N–H and O–H groups in total. The number of carbonyl (C=O) groups is 1. The van der Waals surface area contributed by atoms with Gasteiger partial charge in [0.25, 0.3) is 5.69 Å². The quantitative estimate of drug-likeness (QED) is 0.509. The van der Waals surface area contributed by atoms with Crippen LogP contribution in [0.25, 0.3) is 0 Å². The highest BCUT2D eigenvalue weighted by atomic mass is 35.5. The Morgan fingerprint density at radius 1 is 1.59 bits per heavy atom. The molecule has 0 saturated heterocycles. The van der Waals surface area contributed by atoms with E-state index in [9.17, 15) is 14.9 Å². The maximum atomic E-state index is 11.2. The van der Waals surface area contributed by atoms with Crippen molar-refractivity contribution in [2.24, 2.45) is 0 Å². The monoisotopic (exact) mass is 258 g/mol. The molecule has 0 heterocycles. The number of nitrogens with one attached hydrogen (secondary N) is 1. The van der Waals surface area contributed by atoms with Crippen LogP contribution in [-0.2, 0) is 9.53 Å². The van der Waals surface area contributed by atoms with Gasteiger partial charge in [-0.3, -0.25) is 10.1 Å². The standard InChI is InChI=1S/C10H11ClN2O4/c1-6(10(14)17-2)12-8-4-3-7(11)5-9(8)13(15)16/h3-6,12H,1-2H3. The van der Waals surface area contributed by atoms with E-state index in [0.717, 1.165) is 0 Å². The highest BCUT2D eigenvalue weighted by Crippen LogP contribution is 2.28. The zero-order chi connectivity index (χ0) is 13.0. The van der Waals surface area contributed by atoms with Crippen molar-refractivity contribution in [3.8, 4) is 0 Å². The van der Waals surface area contributed by atoms with E-state index in [2.05, 4.69) is 10.1 Å². The topological polar surface area (TPSA) is 81.5 Å². The normalized spacial score (nSPS) is 11.7. The number of hydrogen-bond acceptors (Lipinski definition) is 5. The van der Waals surface area contributed by atoms with Crippen molar-refractivity contribution < 1.29 is 14.5 Å². The number of nitrogens with zero attached hydrogens (tertiary/aromatic N) is 1. The molecule has 92 valence electrons. The van der Waals surface area contributed by atoms with Gasteiger partial charge in [0, 0.05) is 11.1 Å². The third-order valence-electron chi connectivity index (χ3n) is 2.08. The van der Waals surface area contributed by atoms with Gasteiger partial charge < -0.3 is 10.1 Å². The van der Waals surface area contributed by atoms with Gasteiger partial charge in [-0.2, -0.15) is 0 Å². The van der Waals surface area contributed by atoms with Crippen molar-refractivity contribution in [3.63, 3.8) is 0 Å². The zero-order valence-corrected chi connectivity index (χ0v) is 10.0. The molecule has 0 fully saturated rings. The molecule has 0 spiro atoms. The third-order valence-corrected chi connectivity index (χ3v) is 2.32. The molecule has 0 aliphatic rings. The molecular formula is C10H11ClN2O4. The number of halogens is 1. The van der Waals surface area contributed by atoms with Gasteiger partial charge in [0.15, 0.2) is 0 Å². The maximum absolute atomic E-state index is 11.2. The summed E-state index contributed by atoms with van der Waals surface area (Å²) in [5, 5.41) is 13.7. The van der Waals surface area contributed by atoms with E-state index in [-0.39, 0.29) is 16.4 Å². The number of nitro benzene ring substituents is 1. The van der Waals surface area contributed by atoms with Crippen LogP contribution in [0.1, 0.15) is 6.92 Å². The molecule has 7 heteroatoms. The summed E-state index contributed by atoms with van der Waals surface area (Å²) in [6.07, 6.45) is 0. The minimum absolute atomic E-state index is 0.187. The lowest BCUT2D eigenvalue weighted by molar-refractivity contribution is -0.384. The second-order valence-corrected chi connectivity index (χ2v) is 3.74. The molecule has 0 amide bonds. The number of methoxy groups -OCH3 is 1. The number of nitro groups is 1. The number of rotatable bonds is 4. The van der Waals surface area contributed by atoms with Crippen LogP contribution in [0, 0.1) is 10.1 Å². The average molecular weight is 259 g/mol. The summed E-state index contributed by atoms with van der Waals surface area (Å²) in [6.45, 7) is 1.55. The van der Waals surface area contributed by atoms with Crippen LogP contribution in [0.3, 0.4) is 0 Å². The Labute approximate surface area is 103 Å². The van der Waals surface area contributed by atoms with E-state index in [1.807, 2.05) is 0 Å². The first-order valence-corrected chi connectivity index (χ1v) is 5.11. The number of hydrogen-bond donors (Lipinski definition) is 1. The first-order valence-electron chi connectivity index (χ1n) is 4.74. The van der Waals surface area contributed by atoms with E-state index >= 15 is 0 Å². The number of anilines is 1. The molecule has 0 aliphatic carbocycles. The Morgan fingerprint density at radius 3 is 2.76 bits per heavy atom. The van der Waals surface area contributed by atoms with E-state index in [4.69, 9.17) is 11.6 Å². The molecule has 1 unspecified atom stereocenters. The molecule has 1 atom stereocenters. The first-order chi connectivity index (χ1) is 7.95. The van der Waals surface area contributed by atoms with Crippen molar-refractivity contribution in [3.05, 3.63) is 33.3 Å². The van der Waals surface area contributed by atoms with Crippen LogP contribution in [-0.4, -0.2) is 24.0 Å². The second kappa shape index (κ2) is 5.49. The Morgan fingerprint density at radius 2 is 2.24 bits per heavy atom. The third kappa shape index (κ3) is 3.32. The Kier molecular flexibility index (Phi) is 4.28. The van der Waals surface area contributed by atoms with E-state index in [1.165, 1.54) is 25.3 Å². The van der Waals surface area contributed by atoms with Crippen molar-refractivity contribution in [2.45, 2.75) is 13.0 Å². The summed E-state index contributed by atoms with van der Waals surface area (Å²) in [5.41, 5.74) is 0.0329. The predicted octanol–water partition coefficient (Wildman–Crippen LogP) is 2.22. The summed E-state index contributed by atoms with van der Waals surface area (Å²) >= 11 is 5.66. The van der Waals surface area contributed by atoms with E-state index in [1.54, 1.807) is 6.92 Å². The lowest BCUT2D eigenvalue weighted by Gasteiger charge is -2.12. The van der Waals surface area contributed by atoms with Crippen LogP contribution in [0.15, 0.2) is 18.2 Å². The summed E-state index contributed by atoms with van der Waals surface area (Å²) in [5.74, 6) is -0.505. The minimum atomic E-state index is -0.681. The maximum Gasteiger partial charge on any atom is 0.327 e. The van der Waals surface area contributed by atoms with Crippen molar-refractivity contribution in [1.82, 2.24) is 0 Å². The van der Waals surface area contributed by atoms with Gasteiger partial charge in [-0.25, -0.2) is 4.79 Å². The van der Waals surface area contributed by atoms with Crippen molar-refractivity contribution in [2.75, 3.05) is 12.4 Å². The second-order valence-electron chi connectivity index (χ2n) is 3.31. The highest BCUT2D eigenvalue weighted by Gasteiger charge is 2.19. The van der Waals surface area contributed by atoms with Gasteiger partial charge >= 0.3 is 5.97 Å². The van der Waals surface area contributed by atoms with Crippen LogP contribution in [0.5, 0.6) is 0 Å². The Bertz CT molecular complexity index is 450. The predicted molar refractivity (Wildman–Crippen MR) is 63.2 cm³/mol. The summed E-state index contributed by atoms with van der Waals surface area (Å²) in [4.78, 5) is 21.4. The Balaban J connectivity index is 2.98. The molecule has 0 aliphatic heterocycles. The van der Waals surface area contributed by atoms with Crippen molar-refractivity contribution in [1.29, 1.82) is 0 Å². The largest absolute Gasteiger partial charge is 0.467 e. The smallest absolute Gasteiger partial charge is 0.327 e. The van der Waals surface area contributed by atoms with Gasteiger partial charge in [-0.05, 0) is 19.1 Å². The lowest BCUT2D eigenvalue weighted by Crippen LogP contribution is -2.27. The lowest BCUT2D eigenvalue weighted by atomic mass is 10.2. The van der Waals surface area contributed by atoms with E-state index in [0.29, 0.717) is 0 Å². The van der Waals surface area contributed by atoms with Gasteiger partial charge in [0.2, 0.25) is 0 Å². The van der Waals surface area contributed by atoms with Gasteiger partial charge in [-0.15, -0.1) is 0 Å². The van der Waals surface area contributed by atoms with Gasteiger partial charge in [-0.1, -0.05) is 11.6 Å². The molecule has 0 bridgehead atoms. The van der Waals surface area contributed by atoms with Crippen molar-refractivity contribution >= 4 is 28.9 Å². The number of esters is 1. The van der Waals surface area contributed by atoms with Crippen LogP contribution >= 0.6 is 11.6 Å². The molecule has 1 aromatic rings. The summed E-state index contributed by atoms with van der Waals surface area (Å²) in [6, 6.07) is 3.48. The SMILES string of the molecule is COC(=O)C(C)Nc1ccc(Cl)cc1[N+](=O)[O-]. The molecule has 6 nitrogen and oxygen atoms in total. The average Bonchev–Trinajstić information content (AvgIpc) is 2.29. The molecular weight excluding hydrogens is 248 g/mol. The fourth-order valence-corrected chi connectivity index (χ4v) is 1.41. The highest BCUT2D eigenvalue weighted by molar-refractivity contribution is 6.30. The molecule has 0 saturated carbocycles. The number of carbonyl (C=O) groups excluding carboxylic acids is 1. The van der Waals surface area contributed by atoms with Crippen LogP contribution < -0.4 is 5.32 Å². The fraction of sp³-hybridized carbons (Fsp3) is 0.300.